The van der Waals surface area contributed by atoms with Crippen molar-refractivity contribution in [3.05, 3.63) is 69.5 Å². The SMILES string of the molecule is O=C(NCc1ccc(-c2nn[nH]n2)cc1)c1ccc([N+](=O)[O-])cc1F. The molecule has 2 aromatic carbocycles. The maximum atomic E-state index is 13.8. The zero-order valence-corrected chi connectivity index (χ0v) is 12.6. The number of amides is 1. The second kappa shape index (κ2) is 6.83. The highest BCUT2D eigenvalue weighted by molar-refractivity contribution is 5.94. The fraction of sp³-hybridized carbons (Fsp3) is 0.0667. The molecule has 0 saturated heterocycles. The van der Waals surface area contributed by atoms with E-state index in [1.54, 1.807) is 24.3 Å². The van der Waals surface area contributed by atoms with Crippen LogP contribution in [-0.4, -0.2) is 31.5 Å². The monoisotopic (exact) mass is 342 g/mol. The van der Waals surface area contributed by atoms with Gasteiger partial charge in [0.25, 0.3) is 11.6 Å². The summed E-state index contributed by atoms with van der Waals surface area (Å²) >= 11 is 0. The van der Waals surface area contributed by atoms with Crippen molar-refractivity contribution >= 4 is 11.6 Å². The number of hydrogen-bond donors (Lipinski definition) is 2. The number of tetrazole rings is 1. The fourth-order valence-electron chi connectivity index (χ4n) is 2.14. The van der Waals surface area contributed by atoms with Crippen LogP contribution in [0.2, 0.25) is 0 Å². The third-order valence-electron chi connectivity index (χ3n) is 3.42. The molecule has 0 unspecified atom stereocenters. The third-order valence-corrected chi connectivity index (χ3v) is 3.42. The van der Waals surface area contributed by atoms with E-state index in [0.29, 0.717) is 11.9 Å². The van der Waals surface area contributed by atoms with Crippen LogP contribution in [0.4, 0.5) is 10.1 Å². The molecule has 0 saturated carbocycles. The van der Waals surface area contributed by atoms with Crippen molar-refractivity contribution in [3.8, 4) is 11.4 Å². The number of halogens is 1. The zero-order valence-electron chi connectivity index (χ0n) is 12.6. The Kier molecular flexibility index (Phi) is 4.42. The second-order valence-corrected chi connectivity index (χ2v) is 5.04. The van der Waals surface area contributed by atoms with Gasteiger partial charge >= 0.3 is 0 Å². The molecule has 126 valence electrons. The summed E-state index contributed by atoms with van der Waals surface area (Å²) in [6.45, 7) is 0.168. The summed E-state index contributed by atoms with van der Waals surface area (Å²) in [6.07, 6.45) is 0. The van der Waals surface area contributed by atoms with Crippen LogP contribution < -0.4 is 5.32 Å². The van der Waals surface area contributed by atoms with Gasteiger partial charge in [-0.1, -0.05) is 24.3 Å². The van der Waals surface area contributed by atoms with Crippen molar-refractivity contribution in [2.45, 2.75) is 6.54 Å². The van der Waals surface area contributed by atoms with E-state index < -0.39 is 22.3 Å². The lowest BCUT2D eigenvalue weighted by Gasteiger charge is -2.07. The van der Waals surface area contributed by atoms with Crippen molar-refractivity contribution in [2.75, 3.05) is 0 Å². The molecule has 0 spiro atoms. The molecule has 10 heteroatoms. The van der Waals surface area contributed by atoms with Gasteiger partial charge in [0.2, 0.25) is 5.82 Å². The Morgan fingerprint density at radius 1 is 1.24 bits per heavy atom. The lowest BCUT2D eigenvalue weighted by atomic mass is 10.1. The molecule has 1 aromatic heterocycles. The first-order valence-corrected chi connectivity index (χ1v) is 7.09. The highest BCUT2D eigenvalue weighted by atomic mass is 19.1. The summed E-state index contributed by atoms with van der Waals surface area (Å²) in [5.74, 6) is -1.16. The molecule has 0 aliphatic carbocycles. The van der Waals surface area contributed by atoms with Gasteiger partial charge in [0.1, 0.15) is 5.82 Å². The van der Waals surface area contributed by atoms with Crippen LogP contribution in [0, 0.1) is 15.9 Å². The van der Waals surface area contributed by atoms with Gasteiger partial charge < -0.3 is 5.32 Å². The number of nitro benzene ring substituents is 1. The lowest BCUT2D eigenvalue weighted by molar-refractivity contribution is -0.385. The predicted molar refractivity (Wildman–Crippen MR) is 83.8 cm³/mol. The molecule has 1 heterocycles. The van der Waals surface area contributed by atoms with Gasteiger partial charge in [0.15, 0.2) is 0 Å². The third kappa shape index (κ3) is 3.63. The van der Waals surface area contributed by atoms with E-state index in [1.807, 2.05) is 0 Å². The number of rotatable bonds is 5. The summed E-state index contributed by atoms with van der Waals surface area (Å²) in [5.41, 5.74) is 0.869. The Morgan fingerprint density at radius 2 is 2.00 bits per heavy atom. The van der Waals surface area contributed by atoms with Gasteiger partial charge in [-0.15, -0.1) is 10.2 Å². The first-order valence-electron chi connectivity index (χ1n) is 7.09. The Balaban J connectivity index is 1.65. The van der Waals surface area contributed by atoms with Gasteiger partial charge in [-0.3, -0.25) is 14.9 Å². The molecule has 0 atom stereocenters. The second-order valence-electron chi connectivity index (χ2n) is 5.04. The van der Waals surface area contributed by atoms with Crippen LogP contribution in [0.25, 0.3) is 11.4 Å². The molecule has 0 radical (unpaired) electrons. The maximum Gasteiger partial charge on any atom is 0.272 e. The van der Waals surface area contributed by atoms with E-state index in [-0.39, 0.29) is 12.1 Å². The highest BCUT2D eigenvalue weighted by Crippen LogP contribution is 2.17. The van der Waals surface area contributed by atoms with Crippen molar-refractivity contribution in [3.63, 3.8) is 0 Å². The van der Waals surface area contributed by atoms with Crippen LogP contribution in [0.5, 0.6) is 0 Å². The number of H-pyrrole nitrogens is 1. The first kappa shape index (κ1) is 16.2. The molecule has 3 rings (SSSR count). The van der Waals surface area contributed by atoms with Crippen molar-refractivity contribution in [2.24, 2.45) is 0 Å². The van der Waals surface area contributed by atoms with Crippen LogP contribution in [0.1, 0.15) is 15.9 Å². The molecule has 9 nitrogen and oxygen atoms in total. The van der Waals surface area contributed by atoms with E-state index >= 15 is 0 Å². The predicted octanol–water partition coefficient (Wildman–Crippen LogP) is 1.84. The van der Waals surface area contributed by atoms with Gasteiger partial charge in [0, 0.05) is 18.2 Å². The molecule has 1 amide bonds. The number of carbonyl (C=O) groups is 1. The molecule has 0 fully saturated rings. The Morgan fingerprint density at radius 3 is 2.60 bits per heavy atom. The van der Waals surface area contributed by atoms with Crippen LogP contribution in [0.15, 0.2) is 42.5 Å². The average Bonchev–Trinajstić information content (AvgIpc) is 3.14. The number of aromatic amines is 1. The van der Waals surface area contributed by atoms with E-state index in [2.05, 4.69) is 25.9 Å². The van der Waals surface area contributed by atoms with Gasteiger partial charge in [-0.25, -0.2) is 4.39 Å². The van der Waals surface area contributed by atoms with Crippen molar-refractivity contribution < 1.29 is 14.1 Å². The summed E-state index contributed by atoms with van der Waals surface area (Å²) in [6, 6.07) is 9.93. The molecule has 0 aliphatic rings. The number of aromatic nitrogens is 4. The molecule has 25 heavy (non-hydrogen) atoms. The Hall–Kier alpha value is -3.69. The summed E-state index contributed by atoms with van der Waals surface area (Å²) in [4.78, 5) is 21.9. The minimum Gasteiger partial charge on any atom is -0.348 e. The number of nitrogens with zero attached hydrogens (tertiary/aromatic N) is 4. The number of carbonyl (C=O) groups excluding carboxylic acids is 1. The number of nitro groups is 1. The molecule has 3 aromatic rings. The smallest absolute Gasteiger partial charge is 0.272 e. The minimum atomic E-state index is -0.945. The van der Waals surface area contributed by atoms with Crippen LogP contribution >= 0.6 is 0 Å². The number of hydrogen-bond acceptors (Lipinski definition) is 6. The van der Waals surface area contributed by atoms with E-state index in [4.69, 9.17) is 0 Å². The number of benzene rings is 2. The van der Waals surface area contributed by atoms with E-state index in [1.165, 1.54) is 0 Å². The van der Waals surface area contributed by atoms with Gasteiger partial charge in [0.05, 0.1) is 16.6 Å². The highest BCUT2D eigenvalue weighted by Gasteiger charge is 2.16. The largest absolute Gasteiger partial charge is 0.348 e. The van der Waals surface area contributed by atoms with Crippen LogP contribution in [0.3, 0.4) is 0 Å². The summed E-state index contributed by atoms with van der Waals surface area (Å²) in [7, 11) is 0. The fourth-order valence-corrected chi connectivity index (χ4v) is 2.14. The minimum absolute atomic E-state index is 0.168. The van der Waals surface area contributed by atoms with E-state index in [0.717, 1.165) is 23.3 Å². The average molecular weight is 342 g/mol. The quantitative estimate of drug-likeness (QED) is 0.538. The van der Waals surface area contributed by atoms with E-state index in [9.17, 15) is 19.3 Å². The van der Waals surface area contributed by atoms with Crippen molar-refractivity contribution in [1.29, 1.82) is 0 Å². The van der Waals surface area contributed by atoms with Crippen LogP contribution in [-0.2, 0) is 6.54 Å². The molecule has 0 bridgehead atoms. The Labute approximate surface area is 140 Å². The first-order chi connectivity index (χ1) is 12.0. The summed E-state index contributed by atoms with van der Waals surface area (Å²) < 4.78 is 13.8. The Bertz CT molecular complexity index is 912. The topological polar surface area (TPSA) is 127 Å². The lowest BCUT2D eigenvalue weighted by Crippen LogP contribution is -2.23. The number of non-ortho nitro benzene ring substituents is 1. The standard InChI is InChI=1S/C15H11FN6O3/c16-13-7-11(22(24)25)5-6-12(13)15(23)17-8-9-1-3-10(4-2-9)14-18-20-21-19-14/h1-7H,8H2,(H,17,23)(H,18,19,20,21). The number of nitrogens with one attached hydrogen (secondary N) is 2. The molecule has 2 N–H and O–H groups in total. The zero-order chi connectivity index (χ0) is 17.8. The van der Waals surface area contributed by atoms with Gasteiger partial charge in [-0.2, -0.15) is 5.21 Å². The maximum absolute atomic E-state index is 13.8. The normalized spacial score (nSPS) is 10.4. The molecule has 0 aliphatic heterocycles. The van der Waals surface area contributed by atoms with Crippen molar-refractivity contribution in [1.82, 2.24) is 25.9 Å². The van der Waals surface area contributed by atoms with Gasteiger partial charge in [-0.05, 0) is 16.8 Å². The summed E-state index contributed by atoms with van der Waals surface area (Å²) in [5, 5.41) is 26.7. The molecular formula is C15H11FN6O3. The molecular weight excluding hydrogens is 331 g/mol.